The number of aromatic nitrogens is 1. The van der Waals surface area contributed by atoms with Gasteiger partial charge in [0.2, 0.25) is 5.91 Å². The molecule has 0 bridgehead atoms. The molecule has 4 rings (SSSR count). The van der Waals surface area contributed by atoms with Crippen LogP contribution < -0.4 is 4.90 Å². The summed E-state index contributed by atoms with van der Waals surface area (Å²) in [5, 5.41) is 1.03. The molecule has 1 amide bonds. The molecule has 1 aliphatic rings. The van der Waals surface area contributed by atoms with Gasteiger partial charge in [0.1, 0.15) is 0 Å². The monoisotopic (exact) mass is 401 g/mol. The molecule has 1 aliphatic heterocycles. The molecule has 0 saturated carbocycles. The van der Waals surface area contributed by atoms with Crippen molar-refractivity contribution in [2.45, 2.75) is 6.54 Å². The molecule has 1 fully saturated rings. The molecule has 0 aliphatic carbocycles. The SMILES string of the molecule is O=C1CN(c2ccc(-c3cnco3)cc2)CCN1Cc1ccc(Cl)c(Cl)c1. The van der Waals surface area contributed by atoms with Crippen LogP contribution in [0.25, 0.3) is 11.3 Å². The fourth-order valence-electron chi connectivity index (χ4n) is 3.15. The number of oxazole rings is 1. The summed E-state index contributed by atoms with van der Waals surface area (Å²) in [6.07, 6.45) is 3.09. The van der Waals surface area contributed by atoms with Crippen molar-refractivity contribution in [3.63, 3.8) is 0 Å². The van der Waals surface area contributed by atoms with E-state index in [1.165, 1.54) is 6.39 Å². The van der Waals surface area contributed by atoms with E-state index in [1.54, 1.807) is 12.3 Å². The van der Waals surface area contributed by atoms with E-state index in [1.807, 2.05) is 41.3 Å². The predicted octanol–water partition coefficient (Wildman–Crippen LogP) is 4.50. The number of halogens is 2. The molecule has 0 atom stereocenters. The smallest absolute Gasteiger partial charge is 0.242 e. The Labute approximate surface area is 167 Å². The molecule has 5 nitrogen and oxygen atoms in total. The molecule has 0 N–H and O–H groups in total. The minimum Gasteiger partial charge on any atom is -0.444 e. The van der Waals surface area contributed by atoms with Gasteiger partial charge in [-0.05, 0) is 42.0 Å². The molecule has 138 valence electrons. The Morgan fingerprint density at radius 1 is 1.04 bits per heavy atom. The highest BCUT2D eigenvalue weighted by atomic mass is 35.5. The van der Waals surface area contributed by atoms with Gasteiger partial charge in [-0.25, -0.2) is 4.98 Å². The number of anilines is 1. The second-order valence-corrected chi connectivity index (χ2v) is 7.21. The van der Waals surface area contributed by atoms with Gasteiger partial charge in [-0.3, -0.25) is 4.79 Å². The van der Waals surface area contributed by atoms with Crippen LogP contribution in [0.15, 0.2) is 59.5 Å². The van der Waals surface area contributed by atoms with Gasteiger partial charge in [0, 0.05) is 30.9 Å². The van der Waals surface area contributed by atoms with Gasteiger partial charge in [0.15, 0.2) is 12.2 Å². The number of nitrogens with zero attached hydrogens (tertiary/aromatic N) is 3. The summed E-state index contributed by atoms with van der Waals surface area (Å²) in [6.45, 7) is 2.31. The lowest BCUT2D eigenvalue weighted by Gasteiger charge is -2.35. The summed E-state index contributed by atoms with van der Waals surface area (Å²) in [4.78, 5) is 20.4. The minimum absolute atomic E-state index is 0.0895. The zero-order valence-corrected chi connectivity index (χ0v) is 16.0. The zero-order chi connectivity index (χ0) is 18.8. The van der Waals surface area contributed by atoms with Crippen molar-refractivity contribution in [3.05, 3.63) is 70.7 Å². The highest BCUT2D eigenvalue weighted by Gasteiger charge is 2.24. The molecule has 2 aromatic carbocycles. The Hall–Kier alpha value is -2.50. The number of benzene rings is 2. The Bertz CT molecular complexity index is 942. The molecular weight excluding hydrogens is 385 g/mol. The van der Waals surface area contributed by atoms with Gasteiger partial charge in [0.05, 0.1) is 22.8 Å². The Morgan fingerprint density at radius 2 is 1.85 bits per heavy atom. The van der Waals surface area contributed by atoms with E-state index in [4.69, 9.17) is 27.6 Å². The quantitative estimate of drug-likeness (QED) is 0.645. The maximum absolute atomic E-state index is 12.6. The first-order chi connectivity index (χ1) is 13.1. The fraction of sp³-hybridized carbons (Fsp3) is 0.200. The van der Waals surface area contributed by atoms with E-state index in [-0.39, 0.29) is 5.91 Å². The molecule has 1 aromatic heterocycles. The van der Waals surface area contributed by atoms with Crippen LogP contribution in [0.4, 0.5) is 5.69 Å². The number of carbonyl (C=O) groups excluding carboxylic acids is 1. The highest BCUT2D eigenvalue weighted by Crippen LogP contribution is 2.26. The normalized spacial score (nSPS) is 14.7. The molecule has 7 heteroatoms. The third kappa shape index (κ3) is 3.94. The van der Waals surface area contributed by atoms with E-state index in [0.29, 0.717) is 29.7 Å². The summed E-state index contributed by atoms with van der Waals surface area (Å²) in [7, 11) is 0. The molecule has 0 radical (unpaired) electrons. The molecule has 0 unspecified atom stereocenters. The lowest BCUT2D eigenvalue weighted by molar-refractivity contribution is -0.131. The van der Waals surface area contributed by atoms with Gasteiger partial charge < -0.3 is 14.2 Å². The molecule has 0 spiro atoms. The van der Waals surface area contributed by atoms with E-state index >= 15 is 0 Å². The van der Waals surface area contributed by atoms with Crippen molar-refractivity contribution >= 4 is 34.8 Å². The van der Waals surface area contributed by atoms with E-state index in [0.717, 1.165) is 29.1 Å². The number of carbonyl (C=O) groups is 1. The molecule has 1 saturated heterocycles. The standard InChI is InChI=1S/C20H17Cl2N3O2/c21-17-6-1-14(9-18(17)22)11-25-8-7-24(12-20(25)26)16-4-2-15(3-5-16)19-10-23-13-27-19/h1-6,9-10,13H,7-8,11-12H2. The van der Waals surface area contributed by atoms with Gasteiger partial charge in [0.25, 0.3) is 0 Å². The maximum atomic E-state index is 12.6. The second kappa shape index (κ2) is 7.62. The second-order valence-electron chi connectivity index (χ2n) is 6.40. The lowest BCUT2D eigenvalue weighted by Crippen LogP contribution is -2.50. The van der Waals surface area contributed by atoms with Crippen LogP contribution in [0.5, 0.6) is 0 Å². The van der Waals surface area contributed by atoms with E-state index < -0.39 is 0 Å². The summed E-state index contributed by atoms with van der Waals surface area (Å²) >= 11 is 12.0. The van der Waals surface area contributed by atoms with Crippen molar-refractivity contribution in [1.29, 1.82) is 0 Å². The third-order valence-electron chi connectivity index (χ3n) is 4.63. The van der Waals surface area contributed by atoms with Crippen molar-refractivity contribution < 1.29 is 9.21 Å². The number of rotatable bonds is 4. The van der Waals surface area contributed by atoms with Crippen molar-refractivity contribution in [2.24, 2.45) is 0 Å². The summed E-state index contributed by atoms with van der Waals surface area (Å²) < 4.78 is 5.31. The largest absolute Gasteiger partial charge is 0.444 e. The average Bonchev–Trinajstić information content (AvgIpc) is 3.21. The third-order valence-corrected chi connectivity index (χ3v) is 5.36. The first-order valence-corrected chi connectivity index (χ1v) is 9.31. The lowest BCUT2D eigenvalue weighted by atomic mass is 10.1. The molecule has 2 heterocycles. The first-order valence-electron chi connectivity index (χ1n) is 8.56. The van der Waals surface area contributed by atoms with E-state index in [2.05, 4.69) is 9.88 Å². The van der Waals surface area contributed by atoms with Crippen molar-refractivity contribution in [1.82, 2.24) is 9.88 Å². The Morgan fingerprint density at radius 3 is 2.52 bits per heavy atom. The van der Waals surface area contributed by atoms with Crippen LogP contribution in [-0.2, 0) is 11.3 Å². The number of amides is 1. The van der Waals surface area contributed by atoms with Gasteiger partial charge in [-0.1, -0.05) is 29.3 Å². The van der Waals surface area contributed by atoms with Gasteiger partial charge in [-0.2, -0.15) is 0 Å². The number of hydrogen-bond donors (Lipinski definition) is 0. The molecule has 27 heavy (non-hydrogen) atoms. The number of piperazine rings is 1. The summed E-state index contributed by atoms with van der Waals surface area (Å²) in [5.41, 5.74) is 2.95. The summed E-state index contributed by atoms with van der Waals surface area (Å²) in [5.74, 6) is 0.815. The topological polar surface area (TPSA) is 49.6 Å². The van der Waals surface area contributed by atoms with Crippen LogP contribution in [0.1, 0.15) is 5.56 Å². The predicted molar refractivity (Wildman–Crippen MR) is 106 cm³/mol. The van der Waals surface area contributed by atoms with Crippen LogP contribution >= 0.6 is 23.2 Å². The van der Waals surface area contributed by atoms with Crippen LogP contribution in [0.3, 0.4) is 0 Å². The number of hydrogen-bond acceptors (Lipinski definition) is 4. The zero-order valence-electron chi connectivity index (χ0n) is 14.4. The minimum atomic E-state index is 0.0895. The maximum Gasteiger partial charge on any atom is 0.242 e. The van der Waals surface area contributed by atoms with Crippen LogP contribution in [0.2, 0.25) is 10.0 Å². The van der Waals surface area contributed by atoms with Crippen molar-refractivity contribution in [2.75, 3.05) is 24.5 Å². The summed E-state index contributed by atoms with van der Waals surface area (Å²) in [6, 6.07) is 13.4. The fourth-order valence-corrected chi connectivity index (χ4v) is 3.47. The van der Waals surface area contributed by atoms with Crippen LogP contribution in [0, 0.1) is 0 Å². The van der Waals surface area contributed by atoms with E-state index in [9.17, 15) is 4.79 Å². The molecular formula is C20H17Cl2N3O2. The first kappa shape index (κ1) is 17.9. The van der Waals surface area contributed by atoms with Crippen molar-refractivity contribution in [3.8, 4) is 11.3 Å². The average molecular weight is 402 g/mol. The van der Waals surface area contributed by atoms with Gasteiger partial charge >= 0.3 is 0 Å². The Kier molecular flexibility index (Phi) is 5.05. The Balaban J connectivity index is 1.41. The molecule has 3 aromatic rings. The highest BCUT2D eigenvalue weighted by molar-refractivity contribution is 6.42. The van der Waals surface area contributed by atoms with Gasteiger partial charge in [-0.15, -0.1) is 0 Å². The van der Waals surface area contributed by atoms with Crippen LogP contribution in [-0.4, -0.2) is 35.4 Å².